The molecule has 3 atom stereocenters. The number of methoxy groups -OCH3 is 1. The Bertz CT molecular complexity index is 934. The highest BCUT2D eigenvalue weighted by Gasteiger charge is 2.29. The fourth-order valence-corrected chi connectivity index (χ4v) is 3.00. The molecular formula is C22H25N3O7. The second-order valence-corrected chi connectivity index (χ2v) is 6.90. The zero-order chi connectivity index (χ0) is 23.7. The fraction of sp³-hybridized carbons (Fsp3) is 0.409. The van der Waals surface area contributed by atoms with Gasteiger partial charge in [-0.15, -0.1) is 0 Å². The van der Waals surface area contributed by atoms with Crippen LogP contribution in [0, 0.1) is 11.3 Å². The third-order valence-corrected chi connectivity index (χ3v) is 4.37. The Labute approximate surface area is 186 Å². The van der Waals surface area contributed by atoms with E-state index in [2.05, 4.69) is 11.2 Å². The summed E-state index contributed by atoms with van der Waals surface area (Å²) in [6, 6.07) is 8.67. The molecule has 0 saturated heterocycles. The third kappa shape index (κ3) is 7.12. The first-order valence-corrected chi connectivity index (χ1v) is 9.78. The number of carbonyl (C=O) groups is 3. The van der Waals surface area contributed by atoms with Crippen molar-refractivity contribution in [1.82, 2.24) is 0 Å². The second-order valence-electron chi connectivity index (χ2n) is 6.90. The molecule has 0 unspecified atom stereocenters. The number of rotatable bonds is 8. The normalized spacial score (nSPS) is 18.3. The van der Waals surface area contributed by atoms with Gasteiger partial charge in [0.15, 0.2) is 12.2 Å². The van der Waals surface area contributed by atoms with Crippen LogP contribution < -0.4 is 9.75 Å². The maximum absolute atomic E-state index is 11.6. The van der Waals surface area contributed by atoms with Crippen molar-refractivity contribution in [3.63, 3.8) is 0 Å². The Kier molecular flexibility index (Phi) is 8.77. The van der Waals surface area contributed by atoms with Crippen molar-refractivity contribution >= 4 is 29.8 Å². The van der Waals surface area contributed by atoms with Crippen LogP contribution in [-0.4, -0.2) is 56.1 Å². The molecular weight excluding hydrogens is 418 g/mol. The van der Waals surface area contributed by atoms with Crippen molar-refractivity contribution in [1.29, 1.82) is 5.26 Å². The highest BCUT2D eigenvalue weighted by molar-refractivity contribution is 5.82. The Balaban J connectivity index is 2.31. The van der Waals surface area contributed by atoms with Crippen LogP contribution in [0.25, 0.3) is 0 Å². The summed E-state index contributed by atoms with van der Waals surface area (Å²) in [5.41, 5.74) is 1.30. The average Bonchev–Trinajstić information content (AvgIpc) is 2.75. The van der Waals surface area contributed by atoms with Crippen LogP contribution in [0.4, 0.5) is 5.69 Å². The highest BCUT2D eigenvalue weighted by atomic mass is 16.6. The summed E-state index contributed by atoms with van der Waals surface area (Å²) in [5.74, 6) is -1.14. The van der Waals surface area contributed by atoms with Crippen LogP contribution >= 0.6 is 0 Å². The number of nitrogens with zero attached hydrogens (tertiary/aromatic N) is 3. The largest absolute Gasteiger partial charge is 0.497 e. The molecule has 170 valence electrons. The molecule has 0 fully saturated rings. The van der Waals surface area contributed by atoms with Crippen molar-refractivity contribution < 1.29 is 33.3 Å². The topological polar surface area (TPSA) is 128 Å². The number of hydrazone groups is 1. The summed E-state index contributed by atoms with van der Waals surface area (Å²) in [4.78, 5) is 34.4. The Morgan fingerprint density at radius 2 is 1.81 bits per heavy atom. The Morgan fingerprint density at radius 3 is 2.34 bits per heavy atom. The van der Waals surface area contributed by atoms with Gasteiger partial charge in [0.1, 0.15) is 18.4 Å². The minimum atomic E-state index is -1.05. The Hall–Kier alpha value is -3.87. The van der Waals surface area contributed by atoms with Gasteiger partial charge in [-0.2, -0.15) is 10.4 Å². The van der Waals surface area contributed by atoms with Crippen LogP contribution in [-0.2, 0) is 28.6 Å². The first-order valence-electron chi connectivity index (χ1n) is 9.78. The molecule has 1 heterocycles. The summed E-state index contributed by atoms with van der Waals surface area (Å²) < 4.78 is 20.6. The average molecular weight is 443 g/mol. The molecule has 1 aliphatic heterocycles. The van der Waals surface area contributed by atoms with Crippen molar-refractivity contribution in [3.05, 3.63) is 35.9 Å². The van der Waals surface area contributed by atoms with Crippen molar-refractivity contribution in [2.45, 2.75) is 45.4 Å². The maximum atomic E-state index is 11.6. The Morgan fingerprint density at radius 1 is 1.16 bits per heavy atom. The summed E-state index contributed by atoms with van der Waals surface area (Å²) >= 11 is 0. The molecule has 10 nitrogen and oxygen atoms in total. The van der Waals surface area contributed by atoms with Crippen LogP contribution in [0.2, 0.25) is 0 Å². The van der Waals surface area contributed by atoms with E-state index in [1.807, 2.05) is 0 Å². The second kappa shape index (κ2) is 11.5. The number of benzene rings is 1. The van der Waals surface area contributed by atoms with E-state index in [9.17, 15) is 19.6 Å². The minimum Gasteiger partial charge on any atom is -0.497 e. The molecule has 0 amide bonds. The van der Waals surface area contributed by atoms with Crippen LogP contribution in [0.1, 0.15) is 27.2 Å². The number of esters is 3. The standard InChI is InChI=1S/C22H25N3O7/c1-14(26)30-13-22(32-16(3)28)21(31-15(2)27)10-17-9-19(11-23)25(24-12-17)18-5-7-20(29-4)8-6-18/h5-8,10,12,19,21-22H,9,13H2,1-4H3/b17-10-/t19-,21+,22-/m1/s1. The van der Waals surface area contributed by atoms with Gasteiger partial charge < -0.3 is 18.9 Å². The summed E-state index contributed by atoms with van der Waals surface area (Å²) in [6.07, 6.45) is 1.25. The van der Waals surface area contributed by atoms with E-state index in [1.165, 1.54) is 33.1 Å². The lowest BCUT2D eigenvalue weighted by atomic mass is 10.0. The van der Waals surface area contributed by atoms with E-state index in [1.54, 1.807) is 36.4 Å². The molecule has 10 heteroatoms. The van der Waals surface area contributed by atoms with Gasteiger partial charge >= 0.3 is 17.9 Å². The zero-order valence-corrected chi connectivity index (χ0v) is 18.3. The van der Waals surface area contributed by atoms with Gasteiger partial charge in [0.05, 0.1) is 25.1 Å². The SMILES string of the molecule is COc1ccc(N2N=C/C(=C\[C@H](OC(C)=O)[C@@H](COC(C)=O)OC(C)=O)C[C@@H]2C#N)cc1. The fourth-order valence-electron chi connectivity index (χ4n) is 3.00. The minimum absolute atomic E-state index is 0.268. The first kappa shape index (κ1) is 24.4. The molecule has 0 N–H and O–H groups in total. The van der Waals surface area contributed by atoms with Crippen molar-refractivity contribution in [3.8, 4) is 11.8 Å². The molecule has 0 bridgehead atoms. The lowest BCUT2D eigenvalue weighted by Gasteiger charge is -2.29. The highest BCUT2D eigenvalue weighted by Crippen LogP contribution is 2.27. The summed E-state index contributed by atoms with van der Waals surface area (Å²) in [7, 11) is 1.56. The molecule has 0 saturated carbocycles. The maximum Gasteiger partial charge on any atom is 0.303 e. The molecule has 0 aliphatic carbocycles. The number of hydrogen-bond acceptors (Lipinski definition) is 10. The van der Waals surface area contributed by atoms with Gasteiger partial charge in [0.2, 0.25) is 0 Å². The number of carbonyl (C=O) groups excluding carboxylic acids is 3. The number of ether oxygens (including phenoxy) is 4. The van der Waals surface area contributed by atoms with Gasteiger partial charge in [-0.1, -0.05) is 0 Å². The smallest absolute Gasteiger partial charge is 0.303 e. The molecule has 1 aromatic carbocycles. The van der Waals surface area contributed by atoms with E-state index in [-0.39, 0.29) is 13.0 Å². The molecule has 0 radical (unpaired) electrons. The number of nitriles is 1. The van der Waals surface area contributed by atoms with Crippen LogP contribution in [0.15, 0.2) is 41.0 Å². The van der Waals surface area contributed by atoms with E-state index in [4.69, 9.17) is 18.9 Å². The number of hydrogen-bond donors (Lipinski definition) is 0. The lowest BCUT2D eigenvalue weighted by Crippen LogP contribution is -2.38. The van der Waals surface area contributed by atoms with Crippen molar-refractivity contribution in [2.75, 3.05) is 18.7 Å². The third-order valence-electron chi connectivity index (χ3n) is 4.37. The molecule has 1 aromatic rings. The first-order chi connectivity index (χ1) is 15.2. The van der Waals surface area contributed by atoms with Gasteiger partial charge in [-0.3, -0.25) is 14.4 Å². The molecule has 0 spiro atoms. The molecule has 0 aromatic heterocycles. The summed E-state index contributed by atoms with van der Waals surface area (Å²) in [5, 5.41) is 15.6. The summed E-state index contributed by atoms with van der Waals surface area (Å²) in [6.45, 7) is 3.32. The monoisotopic (exact) mass is 443 g/mol. The molecule has 1 aliphatic rings. The van der Waals surface area contributed by atoms with Crippen LogP contribution in [0.5, 0.6) is 5.75 Å². The van der Waals surface area contributed by atoms with E-state index in [0.29, 0.717) is 17.0 Å². The van der Waals surface area contributed by atoms with Crippen molar-refractivity contribution in [2.24, 2.45) is 5.10 Å². The van der Waals surface area contributed by atoms with E-state index < -0.39 is 36.2 Å². The van der Waals surface area contributed by atoms with E-state index in [0.717, 1.165) is 0 Å². The number of anilines is 1. The molecule has 2 rings (SSSR count). The quantitative estimate of drug-likeness (QED) is 0.438. The lowest BCUT2D eigenvalue weighted by molar-refractivity contribution is -0.169. The van der Waals surface area contributed by atoms with Gasteiger partial charge in [-0.05, 0) is 35.9 Å². The molecule has 32 heavy (non-hydrogen) atoms. The van der Waals surface area contributed by atoms with Gasteiger partial charge in [0, 0.05) is 27.2 Å². The predicted molar refractivity (Wildman–Crippen MR) is 114 cm³/mol. The zero-order valence-electron chi connectivity index (χ0n) is 18.3. The van der Waals surface area contributed by atoms with E-state index >= 15 is 0 Å². The van der Waals surface area contributed by atoms with Gasteiger partial charge in [0.25, 0.3) is 0 Å². The predicted octanol–water partition coefficient (Wildman–Crippen LogP) is 2.14. The van der Waals surface area contributed by atoms with Gasteiger partial charge in [-0.25, -0.2) is 5.01 Å². The van der Waals surface area contributed by atoms with Crippen LogP contribution in [0.3, 0.4) is 0 Å².